The van der Waals surface area contributed by atoms with Gasteiger partial charge in [0.15, 0.2) is 0 Å². The summed E-state index contributed by atoms with van der Waals surface area (Å²) in [6, 6.07) is 0. The summed E-state index contributed by atoms with van der Waals surface area (Å²) < 4.78 is 16.5. The van der Waals surface area contributed by atoms with Crippen molar-refractivity contribution in [1.82, 2.24) is 19.1 Å². The number of aryl methyl sites for hydroxylation is 3. The molecule has 2 fully saturated rings. The highest BCUT2D eigenvalue weighted by molar-refractivity contribution is 5.05. The standard InChI is InChI=1S/C20H30N4O2/c1-15-9-24(14-21-15)18(20(7-8-20)13-25-4)26-12-19(5-6-19)11-23-10-16(2)22-17(23)3/h9-10,14,18H,5-8,11-13H2,1-4H3. The van der Waals surface area contributed by atoms with Gasteiger partial charge < -0.3 is 18.6 Å². The molecular weight excluding hydrogens is 328 g/mol. The monoisotopic (exact) mass is 358 g/mol. The quantitative estimate of drug-likeness (QED) is 0.689. The molecular formula is C20H30N4O2. The Bertz CT molecular complexity index is 771. The molecule has 142 valence electrons. The molecule has 6 nitrogen and oxygen atoms in total. The van der Waals surface area contributed by atoms with Gasteiger partial charge in [-0.3, -0.25) is 0 Å². The zero-order chi connectivity index (χ0) is 18.4. The molecule has 2 aromatic rings. The number of methoxy groups -OCH3 is 1. The summed E-state index contributed by atoms with van der Waals surface area (Å²) in [5.41, 5.74) is 2.45. The van der Waals surface area contributed by atoms with E-state index >= 15 is 0 Å². The van der Waals surface area contributed by atoms with Crippen LogP contribution in [0.2, 0.25) is 0 Å². The minimum absolute atomic E-state index is 0.00625. The number of nitrogens with zero attached hydrogens (tertiary/aromatic N) is 4. The van der Waals surface area contributed by atoms with E-state index in [-0.39, 0.29) is 17.1 Å². The van der Waals surface area contributed by atoms with Crippen molar-refractivity contribution >= 4 is 0 Å². The topological polar surface area (TPSA) is 54.1 Å². The van der Waals surface area contributed by atoms with E-state index in [2.05, 4.69) is 45.3 Å². The second-order valence-corrected chi connectivity index (χ2v) is 8.48. The maximum Gasteiger partial charge on any atom is 0.142 e. The molecule has 0 amide bonds. The maximum atomic E-state index is 6.58. The summed E-state index contributed by atoms with van der Waals surface area (Å²) in [7, 11) is 1.78. The predicted octanol–water partition coefficient (Wildman–Crippen LogP) is 3.43. The SMILES string of the molecule is COCC1(C(OCC2(Cn3cc(C)nc3C)CC2)n2cnc(C)c2)CC1. The lowest BCUT2D eigenvalue weighted by molar-refractivity contribution is -0.0892. The lowest BCUT2D eigenvalue weighted by Gasteiger charge is -2.30. The molecule has 26 heavy (non-hydrogen) atoms. The van der Waals surface area contributed by atoms with Crippen LogP contribution >= 0.6 is 0 Å². The molecule has 2 aromatic heterocycles. The van der Waals surface area contributed by atoms with Crippen LogP contribution in [-0.4, -0.2) is 39.4 Å². The fraction of sp³-hybridized carbons (Fsp3) is 0.700. The number of hydrogen-bond acceptors (Lipinski definition) is 4. The predicted molar refractivity (Wildman–Crippen MR) is 98.9 cm³/mol. The molecule has 0 bridgehead atoms. The summed E-state index contributed by atoms with van der Waals surface area (Å²) in [5, 5.41) is 0. The van der Waals surface area contributed by atoms with Gasteiger partial charge in [0.05, 0.1) is 30.9 Å². The van der Waals surface area contributed by atoms with Gasteiger partial charge in [-0.15, -0.1) is 0 Å². The van der Waals surface area contributed by atoms with Gasteiger partial charge in [0.25, 0.3) is 0 Å². The van der Waals surface area contributed by atoms with E-state index < -0.39 is 0 Å². The van der Waals surface area contributed by atoms with Crippen molar-refractivity contribution in [3.63, 3.8) is 0 Å². The van der Waals surface area contributed by atoms with Crippen LogP contribution in [0.15, 0.2) is 18.7 Å². The van der Waals surface area contributed by atoms with Crippen molar-refractivity contribution in [2.75, 3.05) is 20.3 Å². The summed E-state index contributed by atoms with van der Waals surface area (Å²) in [4.78, 5) is 8.95. The minimum Gasteiger partial charge on any atom is -0.384 e. The first kappa shape index (κ1) is 17.7. The van der Waals surface area contributed by atoms with Crippen LogP contribution in [-0.2, 0) is 16.0 Å². The van der Waals surface area contributed by atoms with E-state index in [1.807, 2.05) is 13.3 Å². The normalized spacial score (nSPS) is 20.9. The van der Waals surface area contributed by atoms with E-state index in [9.17, 15) is 0 Å². The first-order chi connectivity index (χ1) is 12.5. The van der Waals surface area contributed by atoms with E-state index in [1.54, 1.807) is 7.11 Å². The van der Waals surface area contributed by atoms with E-state index in [4.69, 9.17) is 9.47 Å². The molecule has 1 atom stereocenters. The lowest BCUT2D eigenvalue weighted by atomic mass is 10.1. The molecule has 0 aromatic carbocycles. The van der Waals surface area contributed by atoms with Gasteiger partial charge in [-0.1, -0.05) is 0 Å². The van der Waals surface area contributed by atoms with Gasteiger partial charge in [0, 0.05) is 36.9 Å². The third kappa shape index (κ3) is 3.45. The zero-order valence-electron chi connectivity index (χ0n) is 16.4. The molecule has 0 spiro atoms. The van der Waals surface area contributed by atoms with Crippen LogP contribution < -0.4 is 0 Å². The second kappa shape index (κ2) is 6.50. The van der Waals surface area contributed by atoms with E-state index in [0.717, 1.165) is 49.8 Å². The number of hydrogen-bond donors (Lipinski definition) is 0. The van der Waals surface area contributed by atoms with Crippen LogP contribution in [0.5, 0.6) is 0 Å². The summed E-state index contributed by atoms with van der Waals surface area (Å²) in [5.74, 6) is 1.09. The van der Waals surface area contributed by atoms with Crippen molar-refractivity contribution in [2.45, 2.75) is 59.2 Å². The number of aromatic nitrogens is 4. The Balaban J connectivity index is 1.47. The van der Waals surface area contributed by atoms with Gasteiger partial charge in [0.2, 0.25) is 0 Å². The van der Waals surface area contributed by atoms with Crippen molar-refractivity contribution < 1.29 is 9.47 Å². The van der Waals surface area contributed by atoms with Crippen LogP contribution in [0.1, 0.15) is 49.1 Å². The maximum absolute atomic E-state index is 6.58. The molecule has 1 unspecified atom stereocenters. The fourth-order valence-corrected chi connectivity index (χ4v) is 4.03. The van der Waals surface area contributed by atoms with Crippen molar-refractivity contribution in [3.05, 3.63) is 35.9 Å². The Labute approximate surface area is 155 Å². The van der Waals surface area contributed by atoms with Gasteiger partial charge in [-0.25, -0.2) is 9.97 Å². The smallest absolute Gasteiger partial charge is 0.142 e. The largest absolute Gasteiger partial charge is 0.384 e. The molecule has 0 saturated heterocycles. The first-order valence-corrected chi connectivity index (χ1v) is 9.56. The summed E-state index contributed by atoms with van der Waals surface area (Å²) in [6.07, 6.45) is 10.9. The molecule has 0 radical (unpaired) electrons. The Kier molecular flexibility index (Phi) is 4.43. The molecule has 2 aliphatic carbocycles. The fourth-order valence-electron chi connectivity index (χ4n) is 4.03. The third-order valence-electron chi connectivity index (χ3n) is 5.96. The highest BCUT2D eigenvalue weighted by Crippen LogP contribution is 2.56. The van der Waals surface area contributed by atoms with E-state index in [0.29, 0.717) is 0 Å². The Morgan fingerprint density at radius 2 is 1.85 bits per heavy atom. The Morgan fingerprint density at radius 3 is 2.35 bits per heavy atom. The molecule has 0 N–H and O–H groups in total. The van der Waals surface area contributed by atoms with E-state index in [1.165, 1.54) is 12.8 Å². The molecule has 4 rings (SSSR count). The van der Waals surface area contributed by atoms with Gasteiger partial charge >= 0.3 is 0 Å². The molecule has 2 saturated carbocycles. The van der Waals surface area contributed by atoms with Crippen molar-refractivity contribution in [2.24, 2.45) is 10.8 Å². The number of ether oxygens (including phenoxy) is 2. The Hall–Kier alpha value is -1.66. The van der Waals surface area contributed by atoms with Gasteiger partial charge in [0.1, 0.15) is 12.1 Å². The number of imidazole rings is 2. The Morgan fingerprint density at radius 1 is 1.08 bits per heavy atom. The van der Waals surface area contributed by atoms with Crippen LogP contribution in [0.3, 0.4) is 0 Å². The molecule has 2 aliphatic rings. The lowest BCUT2D eigenvalue weighted by Crippen LogP contribution is -2.30. The van der Waals surface area contributed by atoms with Crippen LogP contribution in [0, 0.1) is 31.6 Å². The average molecular weight is 358 g/mol. The molecule has 0 aliphatic heterocycles. The number of rotatable bonds is 9. The van der Waals surface area contributed by atoms with Crippen LogP contribution in [0.4, 0.5) is 0 Å². The average Bonchev–Trinajstić information content (AvgIpc) is 3.46. The van der Waals surface area contributed by atoms with Crippen molar-refractivity contribution in [3.8, 4) is 0 Å². The first-order valence-electron chi connectivity index (χ1n) is 9.56. The molecule has 6 heteroatoms. The van der Waals surface area contributed by atoms with Crippen molar-refractivity contribution in [1.29, 1.82) is 0 Å². The van der Waals surface area contributed by atoms with Gasteiger partial charge in [-0.2, -0.15) is 0 Å². The van der Waals surface area contributed by atoms with Gasteiger partial charge in [-0.05, 0) is 46.5 Å². The minimum atomic E-state index is 0.00625. The highest BCUT2D eigenvalue weighted by Gasteiger charge is 2.53. The zero-order valence-corrected chi connectivity index (χ0v) is 16.4. The van der Waals surface area contributed by atoms with Crippen LogP contribution in [0.25, 0.3) is 0 Å². The molecule has 2 heterocycles. The summed E-state index contributed by atoms with van der Waals surface area (Å²) in [6.45, 7) is 8.67. The highest BCUT2D eigenvalue weighted by atomic mass is 16.5. The third-order valence-corrected chi connectivity index (χ3v) is 5.96. The summed E-state index contributed by atoms with van der Waals surface area (Å²) >= 11 is 0. The second-order valence-electron chi connectivity index (χ2n) is 8.48.